The molecule has 2 heterocycles. The molecule has 2 rings (SSSR count). The summed E-state index contributed by atoms with van der Waals surface area (Å²) in [5, 5.41) is 5.65. The second-order valence-corrected chi connectivity index (χ2v) is 4.99. The maximum absolute atomic E-state index is 5.50. The zero-order valence-electron chi connectivity index (χ0n) is 9.18. The molecule has 0 radical (unpaired) electrons. The highest BCUT2D eigenvalue weighted by molar-refractivity contribution is 7.80. The molecule has 1 aliphatic rings. The highest BCUT2D eigenvalue weighted by Crippen LogP contribution is 2.10. The van der Waals surface area contributed by atoms with E-state index >= 15 is 0 Å². The van der Waals surface area contributed by atoms with E-state index in [9.17, 15) is 0 Å². The minimum atomic E-state index is 0.297. The molecule has 88 valence electrons. The van der Waals surface area contributed by atoms with Gasteiger partial charge < -0.3 is 14.6 Å². The average Bonchev–Trinajstić information content (AvgIpc) is 2.88. The predicted molar refractivity (Wildman–Crippen MR) is 68.4 cm³/mol. The van der Waals surface area contributed by atoms with Crippen LogP contribution in [-0.2, 0) is 11.8 Å². The zero-order valence-corrected chi connectivity index (χ0v) is 10.8. The zero-order chi connectivity index (χ0) is 11.4. The molecule has 4 nitrogen and oxygen atoms in total. The molecule has 0 saturated carbocycles. The fraction of sp³-hybridized carbons (Fsp3) is 0.600. The summed E-state index contributed by atoms with van der Waals surface area (Å²) >= 11 is 6.73. The molecule has 1 N–H and O–H groups in total. The van der Waals surface area contributed by atoms with Gasteiger partial charge >= 0.3 is 0 Å². The van der Waals surface area contributed by atoms with Crippen LogP contribution in [0.2, 0.25) is 0 Å². The first kappa shape index (κ1) is 11.8. The molecule has 0 aromatic carbocycles. The van der Waals surface area contributed by atoms with Crippen LogP contribution < -0.4 is 10.1 Å². The monoisotopic (exact) mass is 257 g/mol. The summed E-state index contributed by atoms with van der Waals surface area (Å²) < 4.78 is 7.44. The number of rotatable bonds is 2. The van der Waals surface area contributed by atoms with Crippen molar-refractivity contribution in [1.82, 2.24) is 9.88 Å². The summed E-state index contributed by atoms with van der Waals surface area (Å²) in [6.07, 6.45) is 4.52. The van der Waals surface area contributed by atoms with E-state index < -0.39 is 0 Å². The van der Waals surface area contributed by atoms with Crippen LogP contribution in [0.15, 0.2) is 16.6 Å². The van der Waals surface area contributed by atoms with Crippen LogP contribution in [0.25, 0.3) is 0 Å². The Labute approximate surface area is 104 Å². The molecule has 0 amide bonds. The molecular formula is C10H15N3OS2. The van der Waals surface area contributed by atoms with E-state index in [1.54, 1.807) is 11.3 Å². The third-order valence-electron chi connectivity index (χ3n) is 2.46. The van der Waals surface area contributed by atoms with E-state index in [0.717, 1.165) is 30.8 Å². The number of ether oxygens (including phenoxy) is 1. The Morgan fingerprint density at radius 3 is 3.31 bits per heavy atom. The second-order valence-electron chi connectivity index (χ2n) is 3.73. The lowest BCUT2D eigenvalue weighted by Crippen LogP contribution is -2.31. The number of nitrogens with zero attached hydrogens (tertiary/aromatic N) is 2. The fourth-order valence-electron chi connectivity index (χ4n) is 1.57. The van der Waals surface area contributed by atoms with Gasteiger partial charge in [-0.1, -0.05) is 0 Å². The number of thiocarbonyl (C=S) groups is 1. The molecule has 1 fully saturated rings. The minimum absolute atomic E-state index is 0.297. The molecule has 1 aliphatic heterocycles. The van der Waals surface area contributed by atoms with Crippen molar-refractivity contribution in [1.29, 1.82) is 0 Å². The van der Waals surface area contributed by atoms with Crippen molar-refractivity contribution in [3.05, 3.63) is 16.4 Å². The van der Waals surface area contributed by atoms with Gasteiger partial charge in [0.1, 0.15) is 0 Å². The van der Waals surface area contributed by atoms with E-state index in [2.05, 4.69) is 10.3 Å². The van der Waals surface area contributed by atoms with E-state index in [0.29, 0.717) is 11.2 Å². The van der Waals surface area contributed by atoms with Crippen LogP contribution in [-0.4, -0.2) is 28.9 Å². The van der Waals surface area contributed by atoms with Gasteiger partial charge in [-0.15, -0.1) is 11.3 Å². The molecule has 16 heavy (non-hydrogen) atoms. The van der Waals surface area contributed by atoms with Gasteiger partial charge in [-0.25, -0.2) is 0 Å². The Morgan fingerprint density at radius 2 is 2.69 bits per heavy atom. The number of thiazole rings is 1. The second kappa shape index (κ2) is 5.56. The topological polar surface area (TPSA) is 38.5 Å². The summed E-state index contributed by atoms with van der Waals surface area (Å²) in [6, 6.07) is 0. The SMILES string of the molecule is Cn1ccs/c1=N\C(=S)NCC1CCCO1. The quantitative estimate of drug-likeness (QED) is 0.805. The van der Waals surface area contributed by atoms with Crippen LogP contribution in [0.1, 0.15) is 12.8 Å². The molecule has 1 unspecified atom stereocenters. The summed E-state index contributed by atoms with van der Waals surface area (Å²) in [7, 11) is 1.96. The van der Waals surface area contributed by atoms with Gasteiger partial charge in [0.15, 0.2) is 9.91 Å². The number of aryl methyl sites for hydroxylation is 1. The summed E-state index contributed by atoms with van der Waals surface area (Å²) in [5.74, 6) is 0. The van der Waals surface area contributed by atoms with Crippen molar-refractivity contribution < 1.29 is 4.74 Å². The molecule has 6 heteroatoms. The molecule has 1 aromatic rings. The summed E-state index contributed by atoms with van der Waals surface area (Å²) in [5.41, 5.74) is 0. The fourth-order valence-corrected chi connectivity index (χ4v) is 2.53. The van der Waals surface area contributed by atoms with Gasteiger partial charge in [0.25, 0.3) is 0 Å². The number of hydrogen-bond donors (Lipinski definition) is 1. The normalized spacial score (nSPS) is 21.3. The Kier molecular flexibility index (Phi) is 4.09. The lowest BCUT2D eigenvalue weighted by atomic mass is 10.2. The highest BCUT2D eigenvalue weighted by Gasteiger charge is 2.14. The van der Waals surface area contributed by atoms with Gasteiger partial charge in [0, 0.05) is 31.8 Å². The van der Waals surface area contributed by atoms with Crippen molar-refractivity contribution in [3.63, 3.8) is 0 Å². The summed E-state index contributed by atoms with van der Waals surface area (Å²) in [4.78, 5) is 5.23. The first-order valence-corrected chi connectivity index (χ1v) is 6.59. The highest BCUT2D eigenvalue weighted by atomic mass is 32.1. The molecule has 1 aromatic heterocycles. The molecule has 0 spiro atoms. The van der Waals surface area contributed by atoms with Crippen LogP contribution in [0.4, 0.5) is 0 Å². The van der Waals surface area contributed by atoms with Crippen LogP contribution in [0.3, 0.4) is 0 Å². The van der Waals surface area contributed by atoms with Gasteiger partial charge in [0.05, 0.1) is 6.10 Å². The van der Waals surface area contributed by atoms with E-state index in [4.69, 9.17) is 17.0 Å². The number of hydrogen-bond acceptors (Lipinski definition) is 3. The largest absolute Gasteiger partial charge is 0.376 e. The lowest BCUT2D eigenvalue weighted by Gasteiger charge is -2.09. The third kappa shape index (κ3) is 3.13. The van der Waals surface area contributed by atoms with Crippen LogP contribution in [0.5, 0.6) is 0 Å². The first-order valence-electron chi connectivity index (χ1n) is 5.30. The maximum Gasteiger partial charge on any atom is 0.195 e. The molecule has 1 atom stereocenters. The Bertz CT molecular complexity index is 418. The minimum Gasteiger partial charge on any atom is -0.376 e. The van der Waals surface area contributed by atoms with Crippen LogP contribution >= 0.6 is 23.6 Å². The van der Waals surface area contributed by atoms with E-state index in [1.807, 2.05) is 23.2 Å². The molecule has 0 aliphatic carbocycles. The van der Waals surface area contributed by atoms with Gasteiger partial charge in [0.2, 0.25) is 0 Å². The molecular weight excluding hydrogens is 242 g/mol. The van der Waals surface area contributed by atoms with Crippen molar-refractivity contribution in [2.45, 2.75) is 18.9 Å². The number of nitrogens with one attached hydrogen (secondary N) is 1. The van der Waals surface area contributed by atoms with Crippen molar-refractivity contribution in [3.8, 4) is 0 Å². The van der Waals surface area contributed by atoms with Crippen molar-refractivity contribution in [2.24, 2.45) is 12.0 Å². The number of aromatic nitrogens is 1. The standard InChI is InChI=1S/C10H15N3OS2/c1-13-4-6-16-10(13)12-9(15)11-7-8-3-2-5-14-8/h4,6,8H,2-3,5,7H2,1H3,(H,11,15)/b12-10-. The maximum atomic E-state index is 5.50. The Balaban J connectivity index is 1.87. The lowest BCUT2D eigenvalue weighted by molar-refractivity contribution is 0.114. The molecule has 0 bridgehead atoms. The third-order valence-corrected chi connectivity index (χ3v) is 3.55. The van der Waals surface area contributed by atoms with E-state index in [1.165, 1.54) is 0 Å². The van der Waals surface area contributed by atoms with Gasteiger partial charge in [-0.05, 0) is 25.1 Å². The summed E-state index contributed by atoms with van der Waals surface area (Å²) in [6.45, 7) is 1.63. The van der Waals surface area contributed by atoms with E-state index in [-0.39, 0.29) is 0 Å². The average molecular weight is 257 g/mol. The predicted octanol–water partition coefficient (Wildman–Crippen LogP) is 1.04. The van der Waals surface area contributed by atoms with Crippen molar-refractivity contribution in [2.75, 3.05) is 13.2 Å². The first-order chi connectivity index (χ1) is 7.75. The van der Waals surface area contributed by atoms with Gasteiger partial charge in [-0.2, -0.15) is 4.99 Å². The van der Waals surface area contributed by atoms with Crippen molar-refractivity contribution >= 4 is 28.7 Å². The molecule has 1 saturated heterocycles. The van der Waals surface area contributed by atoms with Gasteiger partial charge in [-0.3, -0.25) is 0 Å². The Hall–Kier alpha value is -0.720. The Morgan fingerprint density at radius 1 is 1.81 bits per heavy atom. The smallest absolute Gasteiger partial charge is 0.195 e. The van der Waals surface area contributed by atoms with Crippen LogP contribution in [0, 0.1) is 0 Å².